The zero-order valence-corrected chi connectivity index (χ0v) is 18.6. The highest BCUT2D eigenvalue weighted by atomic mass is 16.6. The van der Waals surface area contributed by atoms with Gasteiger partial charge in [-0.3, -0.25) is 21.3 Å². The smallest absolute Gasteiger partial charge is 0.409 e. The van der Waals surface area contributed by atoms with E-state index in [1.165, 1.54) is 0 Å². The Balaban J connectivity index is 3.08. The van der Waals surface area contributed by atoms with Crippen molar-refractivity contribution in [2.75, 3.05) is 26.4 Å². The van der Waals surface area contributed by atoms with Gasteiger partial charge in [0, 0.05) is 0 Å². The van der Waals surface area contributed by atoms with Crippen molar-refractivity contribution in [1.82, 2.24) is 21.3 Å². The number of hydrogen-bond donors (Lipinski definition) is 4. The molecular weight excluding hydrogens is 424 g/mol. The van der Waals surface area contributed by atoms with Crippen LogP contribution in [0.3, 0.4) is 0 Å². The molecule has 1 aromatic carbocycles. The summed E-state index contributed by atoms with van der Waals surface area (Å²) in [4.78, 5) is 47.4. The minimum atomic E-state index is -0.948. The van der Waals surface area contributed by atoms with Crippen LogP contribution >= 0.6 is 0 Å². The molecule has 4 N–H and O–H groups in total. The quantitative estimate of drug-likeness (QED) is 0.311. The zero-order chi connectivity index (χ0) is 23.9. The largest absolute Gasteiger partial charge is 0.450 e. The van der Waals surface area contributed by atoms with Crippen molar-refractivity contribution in [3.05, 3.63) is 35.4 Å². The van der Waals surface area contributed by atoms with E-state index in [1.807, 2.05) is 0 Å². The monoisotopic (exact) mass is 454 g/mol. The third kappa shape index (κ3) is 9.41. The van der Waals surface area contributed by atoms with Gasteiger partial charge in [-0.25, -0.2) is 19.2 Å². The van der Waals surface area contributed by atoms with Gasteiger partial charge in [0.15, 0.2) is 0 Å². The predicted octanol–water partition coefficient (Wildman–Crippen LogP) is 2.67. The predicted molar refractivity (Wildman–Crippen MR) is 113 cm³/mol. The number of benzene rings is 1. The summed E-state index contributed by atoms with van der Waals surface area (Å²) in [5, 5.41) is 10.1. The molecule has 1 aromatic rings. The lowest BCUT2D eigenvalue weighted by Gasteiger charge is -2.22. The van der Waals surface area contributed by atoms with Crippen LogP contribution in [-0.4, -0.2) is 50.8 Å². The highest BCUT2D eigenvalue weighted by molar-refractivity contribution is 5.72. The van der Waals surface area contributed by atoms with Crippen molar-refractivity contribution >= 4 is 24.4 Å². The van der Waals surface area contributed by atoms with Crippen LogP contribution in [0.1, 0.15) is 51.2 Å². The van der Waals surface area contributed by atoms with Gasteiger partial charge in [-0.2, -0.15) is 0 Å². The number of ether oxygens (including phenoxy) is 4. The van der Waals surface area contributed by atoms with Crippen LogP contribution in [0.5, 0.6) is 0 Å². The maximum atomic E-state index is 11.9. The molecule has 0 aliphatic heterocycles. The molecule has 0 unspecified atom stereocenters. The van der Waals surface area contributed by atoms with Gasteiger partial charge in [0.1, 0.15) is 12.3 Å². The number of nitrogens with one attached hydrogen (secondary N) is 4. The van der Waals surface area contributed by atoms with E-state index in [1.54, 1.807) is 52.0 Å². The first kappa shape index (κ1) is 26.3. The van der Waals surface area contributed by atoms with E-state index in [0.717, 1.165) is 0 Å². The van der Waals surface area contributed by atoms with E-state index < -0.39 is 36.7 Å². The van der Waals surface area contributed by atoms with E-state index in [0.29, 0.717) is 11.1 Å². The maximum absolute atomic E-state index is 11.9. The Morgan fingerprint density at radius 1 is 0.562 bits per heavy atom. The Kier molecular flexibility index (Phi) is 11.8. The molecule has 0 saturated carbocycles. The van der Waals surface area contributed by atoms with Crippen LogP contribution in [-0.2, 0) is 18.9 Å². The summed E-state index contributed by atoms with van der Waals surface area (Å²) < 4.78 is 19.5. The second-order valence-electron chi connectivity index (χ2n) is 5.99. The second kappa shape index (κ2) is 14.3. The van der Waals surface area contributed by atoms with Gasteiger partial charge in [0.2, 0.25) is 0 Å². The van der Waals surface area contributed by atoms with Gasteiger partial charge < -0.3 is 18.9 Å². The third-order valence-corrected chi connectivity index (χ3v) is 3.75. The summed E-state index contributed by atoms with van der Waals surface area (Å²) in [6.07, 6.45) is -4.82. The number of carbonyl (C=O) groups excluding carboxylic acids is 4. The molecule has 12 nitrogen and oxygen atoms in total. The second-order valence-corrected chi connectivity index (χ2v) is 5.99. The molecule has 1 rings (SSSR count). The lowest BCUT2D eigenvalue weighted by molar-refractivity contribution is 0.132. The Morgan fingerprint density at radius 2 is 0.781 bits per heavy atom. The van der Waals surface area contributed by atoms with E-state index in [9.17, 15) is 19.2 Å². The molecule has 0 spiro atoms. The van der Waals surface area contributed by atoms with Crippen LogP contribution in [0.25, 0.3) is 0 Å². The fourth-order valence-corrected chi connectivity index (χ4v) is 2.45. The van der Waals surface area contributed by atoms with E-state index in [-0.39, 0.29) is 26.4 Å². The summed E-state index contributed by atoms with van der Waals surface area (Å²) in [5.41, 5.74) is 0.974. The Bertz CT molecular complexity index is 653. The number of amides is 4. The standard InChI is InChI=1S/C20H30N4O8/c1-5-29-17(25)21-15(22-18(26)30-6-2)13-9-11-14(12-10-13)16(23-19(27)31-7-3)24-20(28)32-8-4/h9-12,15-16H,5-8H2,1-4H3,(H,21,25)(H,22,26)(H,23,27)(H,24,28). The molecule has 0 fully saturated rings. The van der Waals surface area contributed by atoms with Crippen molar-refractivity contribution in [2.24, 2.45) is 0 Å². The topological polar surface area (TPSA) is 153 Å². The normalized spacial score (nSPS) is 10.2. The van der Waals surface area contributed by atoms with Crippen molar-refractivity contribution in [3.8, 4) is 0 Å². The number of alkyl carbamates (subject to hydrolysis) is 4. The van der Waals surface area contributed by atoms with Crippen LogP contribution in [0.15, 0.2) is 24.3 Å². The fourth-order valence-electron chi connectivity index (χ4n) is 2.45. The SMILES string of the molecule is CCOC(=O)NC(NC(=O)OCC)c1ccc(C(NC(=O)OCC)NC(=O)OCC)cc1. The first-order valence-electron chi connectivity index (χ1n) is 10.2. The van der Waals surface area contributed by atoms with Gasteiger partial charge in [0.05, 0.1) is 26.4 Å². The van der Waals surface area contributed by atoms with Gasteiger partial charge in [-0.05, 0) is 38.8 Å². The molecule has 0 aliphatic rings. The summed E-state index contributed by atoms with van der Waals surface area (Å²) >= 11 is 0. The van der Waals surface area contributed by atoms with Gasteiger partial charge in [-0.1, -0.05) is 24.3 Å². The summed E-state index contributed by atoms with van der Waals surface area (Å²) in [5.74, 6) is 0. The minimum Gasteiger partial charge on any atom is -0.450 e. The lowest BCUT2D eigenvalue weighted by atomic mass is 10.1. The molecule has 0 bridgehead atoms. The fraction of sp³-hybridized carbons (Fsp3) is 0.500. The molecule has 32 heavy (non-hydrogen) atoms. The average molecular weight is 454 g/mol. The molecule has 0 heterocycles. The van der Waals surface area contributed by atoms with Crippen LogP contribution < -0.4 is 21.3 Å². The van der Waals surface area contributed by atoms with E-state index in [4.69, 9.17) is 18.9 Å². The van der Waals surface area contributed by atoms with Crippen molar-refractivity contribution in [3.63, 3.8) is 0 Å². The van der Waals surface area contributed by atoms with Gasteiger partial charge >= 0.3 is 24.4 Å². The lowest BCUT2D eigenvalue weighted by Crippen LogP contribution is -2.42. The van der Waals surface area contributed by atoms with Gasteiger partial charge in [0.25, 0.3) is 0 Å². The van der Waals surface area contributed by atoms with Gasteiger partial charge in [-0.15, -0.1) is 0 Å². The highest BCUT2D eigenvalue weighted by Gasteiger charge is 2.21. The van der Waals surface area contributed by atoms with Crippen LogP contribution in [0.2, 0.25) is 0 Å². The molecule has 0 aliphatic carbocycles. The molecule has 0 saturated heterocycles. The Morgan fingerprint density at radius 3 is 0.969 bits per heavy atom. The Hall–Kier alpha value is -3.70. The molecule has 12 heteroatoms. The molecule has 178 valence electrons. The molecule has 0 aromatic heterocycles. The summed E-state index contributed by atoms with van der Waals surface area (Å²) in [6, 6.07) is 6.35. The van der Waals surface area contributed by atoms with Crippen LogP contribution in [0.4, 0.5) is 19.2 Å². The number of rotatable bonds is 10. The molecule has 4 amide bonds. The first-order chi connectivity index (χ1) is 15.3. The van der Waals surface area contributed by atoms with E-state index in [2.05, 4.69) is 21.3 Å². The molecular formula is C20H30N4O8. The number of hydrogen-bond acceptors (Lipinski definition) is 8. The third-order valence-electron chi connectivity index (χ3n) is 3.75. The van der Waals surface area contributed by atoms with Crippen molar-refractivity contribution < 1.29 is 38.1 Å². The molecule has 0 radical (unpaired) electrons. The Labute approximate surface area is 186 Å². The minimum absolute atomic E-state index is 0.150. The first-order valence-corrected chi connectivity index (χ1v) is 10.2. The van der Waals surface area contributed by atoms with Crippen molar-refractivity contribution in [1.29, 1.82) is 0 Å². The highest BCUT2D eigenvalue weighted by Crippen LogP contribution is 2.17. The summed E-state index contributed by atoms with van der Waals surface area (Å²) in [6.45, 7) is 7.19. The maximum Gasteiger partial charge on any atom is 0.409 e. The van der Waals surface area contributed by atoms with E-state index >= 15 is 0 Å². The summed E-state index contributed by atoms with van der Waals surface area (Å²) in [7, 11) is 0. The van der Waals surface area contributed by atoms with Crippen LogP contribution in [0, 0.1) is 0 Å². The molecule has 0 atom stereocenters. The average Bonchev–Trinajstić information content (AvgIpc) is 2.73. The van der Waals surface area contributed by atoms with Crippen molar-refractivity contribution in [2.45, 2.75) is 40.0 Å². The zero-order valence-electron chi connectivity index (χ0n) is 18.6. The number of carbonyl (C=O) groups is 4.